The summed E-state index contributed by atoms with van der Waals surface area (Å²) in [5.74, 6) is 2.97. The fourth-order valence-electron chi connectivity index (χ4n) is 4.09. The number of nitrogens with zero attached hydrogens (tertiary/aromatic N) is 3. The summed E-state index contributed by atoms with van der Waals surface area (Å²) in [5.41, 5.74) is 9.33. The van der Waals surface area contributed by atoms with E-state index in [2.05, 4.69) is 42.7 Å². The molecule has 2 aromatic rings. The van der Waals surface area contributed by atoms with Gasteiger partial charge in [-0.3, -0.25) is 16.0 Å². The molecule has 0 saturated carbocycles. The van der Waals surface area contributed by atoms with Crippen LogP contribution < -0.4 is 21.5 Å². The van der Waals surface area contributed by atoms with E-state index in [1.165, 1.54) is 0 Å². The first kappa shape index (κ1) is 19.5. The lowest BCUT2D eigenvalue weighted by molar-refractivity contribution is 0.309. The van der Waals surface area contributed by atoms with E-state index in [9.17, 15) is 0 Å². The average Bonchev–Trinajstić information content (AvgIpc) is 3.27. The van der Waals surface area contributed by atoms with Gasteiger partial charge in [-0.05, 0) is 55.8 Å². The summed E-state index contributed by atoms with van der Waals surface area (Å²) in [6.45, 7) is 4.38. The van der Waals surface area contributed by atoms with E-state index in [0.717, 1.165) is 67.6 Å². The molecule has 158 valence electrons. The number of nitrogens with one attached hydrogen (secondary N) is 5. The summed E-state index contributed by atoms with van der Waals surface area (Å²) < 4.78 is 0. The lowest BCUT2D eigenvalue weighted by Gasteiger charge is -2.36. The number of piperidine rings is 1. The Hall–Kier alpha value is -2.42. The van der Waals surface area contributed by atoms with E-state index in [-0.39, 0.29) is 0 Å². The first-order valence-electron chi connectivity index (χ1n) is 10.2. The van der Waals surface area contributed by atoms with Gasteiger partial charge in [-0.15, -0.1) is 0 Å². The van der Waals surface area contributed by atoms with Gasteiger partial charge in [0.1, 0.15) is 17.3 Å². The number of rotatable bonds is 4. The van der Waals surface area contributed by atoms with Gasteiger partial charge in [0.05, 0.1) is 5.70 Å². The van der Waals surface area contributed by atoms with Crippen LogP contribution in [0.1, 0.15) is 36.0 Å². The number of hydrazine groups is 1. The van der Waals surface area contributed by atoms with Crippen molar-refractivity contribution in [2.75, 3.05) is 26.2 Å². The van der Waals surface area contributed by atoms with Crippen molar-refractivity contribution in [3.8, 4) is 0 Å². The summed E-state index contributed by atoms with van der Waals surface area (Å²) >= 11 is 12.6. The molecule has 1 fully saturated rings. The lowest BCUT2D eigenvalue weighted by Crippen LogP contribution is -2.48. The van der Waals surface area contributed by atoms with Gasteiger partial charge in [0.15, 0.2) is 5.82 Å². The van der Waals surface area contributed by atoms with Crippen LogP contribution in [-0.2, 0) is 6.54 Å². The summed E-state index contributed by atoms with van der Waals surface area (Å²) in [4.78, 5) is 7.04. The van der Waals surface area contributed by atoms with Crippen molar-refractivity contribution in [3.05, 3.63) is 63.1 Å². The molecule has 8 nitrogen and oxygen atoms in total. The largest absolute Gasteiger partial charge is 0.367 e. The Kier molecular flexibility index (Phi) is 5.45. The highest BCUT2D eigenvalue weighted by molar-refractivity contribution is 6.33. The minimum absolute atomic E-state index is 0.428. The number of halogens is 2. The standard InChI is InChI=1S/C20H24Cl2N8/c21-14-1-2-15(22)13(9-14)11-30-8-7-24-20-17(30)10-16(26-29-20)19-25-18(27-28-19)12-3-5-23-6-4-12/h1-2,9-10,12,23-24,26,29H,3-8,11H2,(H,25,27,28). The van der Waals surface area contributed by atoms with Gasteiger partial charge >= 0.3 is 0 Å². The molecular weight excluding hydrogens is 423 g/mol. The summed E-state index contributed by atoms with van der Waals surface area (Å²) in [5, 5.41) is 15.8. The van der Waals surface area contributed by atoms with E-state index in [1.807, 2.05) is 18.2 Å². The summed E-state index contributed by atoms with van der Waals surface area (Å²) in [6, 6.07) is 5.57. The summed E-state index contributed by atoms with van der Waals surface area (Å²) in [7, 11) is 0. The second kappa shape index (κ2) is 8.37. The van der Waals surface area contributed by atoms with E-state index in [4.69, 9.17) is 28.2 Å². The highest BCUT2D eigenvalue weighted by atomic mass is 35.5. The molecular formula is C20H24Cl2N8. The fraction of sp³-hybridized carbons (Fsp3) is 0.400. The highest BCUT2D eigenvalue weighted by Crippen LogP contribution is 2.28. The zero-order valence-electron chi connectivity index (χ0n) is 16.4. The van der Waals surface area contributed by atoms with Crippen LogP contribution >= 0.6 is 23.2 Å². The number of H-pyrrole nitrogens is 1. The van der Waals surface area contributed by atoms with Gasteiger partial charge in [0, 0.05) is 35.6 Å². The molecule has 5 rings (SSSR count). The normalized spacial score (nSPS) is 19.5. The SMILES string of the molecule is Clc1ccc(Cl)c(CN2CCNC3=C2C=C(c2n[nH]c(C4CCNCC4)n2)NN3)c1. The third-order valence-electron chi connectivity index (χ3n) is 5.72. The van der Waals surface area contributed by atoms with Gasteiger partial charge < -0.3 is 15.5 Å². The second-order valence-electron chi connectivity index (χ2n) is 7.72. The van der Waals surface area contributed by atoms with Gasteiger partial charge in [0.25, 0.3) is 0 Å². The molecule has 0 spiro atoms. The Morgan fingerprint density at radius 3 is 2.83 bits per heavy atom. The number of hydrogen-bond donors (Lipinski definition) is 5. The maximum atomic E-state index is 6.40. The minimum Gasteiger partial charge on any atom is -0.367 e. The first-order chi connectivity index (χ1) is 14.7. The zero-order valence-corrected chi connectivity index (χ0v) is 17.9. The van der Waals surface area contributed by atoms with Crippen molar-refractivity contribution in [2.24, 2.45) is 0 Å². The van der Waals surface area contributed by atoms with Crippen LogP contribution in [0.2, 0.25) is 10.0 Å². The van der Waals surface area contributed by atoms with Crippen molar-refractivity contribution in [1.29, 1.82) is 0 Å². The predicted molar refractivity (Wildman–Crippen MR) is 117 cm³/mol. The molecule has 30 heavy (non-hydrogen) atoms. The van der Waals surface area contributed by atoms with Crippen molar-refractivity contribution in [3.63, 3.8) is 0 Å². The van der Waals surface area contributed by atoms with Gasteiger partial charge in [-0.2, -0.15) is 5.10 Å². The Labute approximate surface area is 185 Å². The molecule has 3 aliphatic rings. The predicted octanol–water partition coefficient (Wildman–Crippen LogP) is 2.30. The molecule has 0 amide bonds. The molecule has 5 N–H and O–H groups in total. The van der Waals surface area contributed by atoms with Gasteiger partial charge in [-0.25, -0.2) is 4.98 Å². The third kappa shape index (κ3) is 3.95. The van der Waals surface area contributed by atoms with Crippen molar-refractivity contribution < 1.29 is 0 Å². The molecule has 0 aliphatic carbocycles. The molecule has 0 bridgehead atoms. The molecule has 10 heteroatoms. The monoisotopic (exact) mass is 446 g/mol. The smallest absolute Gasteiger partial charge is 0.199 e. The van der Waals surface area contributed by atoms with Crippen molar-refractivity contribution >= 4 is 28.9 Å². The van der Waals surface area contributed by atoms with Gasteiger partial charge in [0.2, 0.25) is 0 Å². The third-order valence-corrected chi connectivity index (χ3v) is 6.33. The number of allylic oxidation sites excluding steroid dienone is 1. The number of hydrogen-bond acceptors (Lipinski definition) is 7. The van der Waals surface area contributed by atoms with E-state index >= 15 is 0 Å². The van der Waals surface area contributed by atoms with E-state index < -0.39 is 0 Å². The zero-order chi connectivity index (χ0) is 20.5. The highest BCUT2D eigenvalue weighted by Gasteiger charge is 2.26. The molecule has 0 radical (unpaired) electrons. The van der Waals surface area contributed by atoms with Crippen LogP contribution in [0.5, 0.6) is 0 Å². The Balaban J connectivity index is 1.39. The maximum absolute atomic E-state index is 6.40. The Morgan fingerprint density at radius 1 is 1.10 bits per heavy atom. The van der Waals surface area contributed by atoms with Crippen LogP contribution in [0.15, 0.2) is 35.8 Å². The van der Waals surface area contributed by atoms with Crippen molar-refractivity contribution in [1.82, 2.24) is 41.6 Å². The number of aromatic amines is 1. The quantitative estimate of drug-likeness (QED) is 0.491. The molecule has 3 aliphatic heterocycles. The number of benzene rings is 1. The van der Waals surface area contributed by atoms with Crippen LogP contribution in [0.4, 0.5) is 0 Å². The first-order valence-corrected chi connectivity index (χ1v) is 11.0. The molecule has 0 atom stereocenters. The van der Waals surface area contributed by atoms with E-state index in [1.54, 1.807) is 0 Å². The summed E-state index contributed by atoms with van der Waals surface area (Å²) in [6.07, 6.45) is 4.23. The molecule has 1 aromatic heterocycles. The van der Waals surface area contributed by atoms with Crippen molar-refractivity contribution in [2.45, 2.75) is 25.3 Å². The van der Waals surface area contributed by atoms with Crippen LogP contribution in [-0.4, -0.2) is 46.3 Å². The van der Waals surface area contributed by atoms with Gasteiger partial charge in [-0.1, -0.05) is 23.2 Å². The average molecular weight is 447 g/mol. The molecule has 1 saturated heterocycles. The molecule has 0 unspecified atom stereocenters. The Bertz CT molecular complexity index is 992. The topological polar surface area (TPSA) is 92.9 Å². The second-order valence-corrected chi connectivity index (χ2v) is 8.56. The van der Waals surface area contributed by atoms with Crippen LogP contribution in [0.25, 0.3) is 5.70 Å². The molecule has 4 heterocycles. The lowest BCUT2D eigenvalue weighted by atomic mass is 9.98. The maximum Gasteiger partial charge on any atom is 0.199 e. The van der Waals surface area contributed by atoms with E-state index in [0.29, 0.717) is 28.3 Å². The Morgan fingerprint density at radius 2 is 1.97 bits per heavy atom. The number of aromatic nitrogens is 3. The fourth-order valence-corrected chi connectivity index (χ4v) is 4.46. The minimum atomic E-state index is 0.428. The van der Waals surface area contributed by atoms with Crippen LogP contribution in [0, 0.1) is 0 Å². The van der Waals surface area contributed by atoms with Crippen LogP contribution in [0.3, 0.4) is 0 Å². The molecule has 1 aromatic carbocycles.